The zero-order valence-electron chi connectivity index (χ0n) is 10.3. The molecule has 5 nitrogen and oxygen atoms in total. The van der Waals surface area contributed by atoms with Gasteiger partial charge in [-0.2, -0.15) is 11.8 Å². The lowest BCUT2D eigenvalue weighted by Gasteiger charge is -2.25. The third kappa shape index (κ3) is 2.81. The molecule has 0 aromatic carbocycles. The minimum Gasteiger partial charge on any atom is -0.356 e. The molecule has 3 N–H and O–H groups in total. The summed E-state index contributed by atoms with van der Waals surface area (Å²) in [4.78, 5) is 11.1. The van der Waals surface area contributed by atoms with Gasteiger partial charge in [0.15, 0.2) is 0 Å². The number of nitrogens with one attached hydrogen (secondary N) is 1. The highest BCUT2D eigenvalue weighted by molar-refractivity contribution is 7.99. The van der Waals surface area contributed by atoms with Gasteiger partial charge in [-0.05, 0) is 12.2 Å². The fourth-order valence-electron chi connectivity index (χ4n) is 1.91. The minimum atomic E-state index is 0.574. The Morgan fingerprint density at radius 2 is 2.41 bits per heavy atom. The largest absolute Gasteiger partial charge is 0.356 e. The maximum Gasteiger partial charge on any atom is 0.145 e. The molecule has 1 fully saturated rings. The Balaban J connectivity index is 2.23. The molecule has 0 radical (unpaired) electrons. The number of aryl methyl sites for hydroxylation is 1. The molecular weight excluding hydrogens is 234 g/mol. The van der Waals surface area contributed by atoms with E-state index in [1.165, 1.54) is 17.9 Å². The average Bonchev–Trinajstić information content (AvgIpc) is 2.91. The summed E-state index contributed by atoms with van der Waals surface area (Å²) in [5.41, 5.74) is 2.60. The summed E-state index contributed by atoms with van der Waals surface area (Å²) in [6, 6.07) is 2.48. The van der Waals surface area contributed by atoms with Crippen LogP contribution in [-0.2, 0) is 6.42 Å². The Kier molecular flexibility index (Phi) is 4.06. The number of hydrogen-bond donors (Lipinski definition) is 2. The number of nitrogens with zero attached hydrogens (tertiary/aromatic N) is 3. The van der Waals surface area contributed by atoms with Crippen LogP contribution in [0.2, 0.25) is 0 Å². The normalized spacial score (nSPS) is 19.4. The number of hydrogen-bond acceptors (Lipinski definition) is 6. The first-order chi connectivity index (χ1) is 8.24. The van der Waals surface area contributed by atoms with E-state index >= 15 is 0 Å². The van der Waals surface area contributed by atoms with Gasteiger partial charge in [0.2, 0.25) is 0 Å². The molecule has 1 saturated heterocycles. The van der Waals surface area contributed by atoms with Crippen molar-refractivity contribution in [2.24, 2.45) is 5.84 Å². The van der Waals surface area contributed by atoms with Crippen LogP contribution in [0.15, 0.2) is 6.07 Å². The number of hydrazine groups is 1. The Morgan fingerprint density at radius 3 is 3.00 bits per heavy atom. The molecule has 0 spiro atoms. The van der Waals surface area contributed by atoms with Gasteiger partial charge < -0.3 is 10.3 Å². The second-order valence-corrected chi connectivity index (χ2v) is 5.30. The second-order valence-electron chi connectivity index (χ2n) is 4.15. The molecule has 1 aliphatic heterocycles. The van der Waals surface area contributed by atoms with Crippen LogP contribution < -0.4 is 16.2 Å². The van der Waals surface area contributed by atoms with Crippen molar-refractivity contribution >= 4 is 23.4 Å². The van der Waals surface area contributed by atoms with Crippen molar-refractivity contribution < 1.29 is 0 Å². The van der Waals surface area contributed by atoms with Crippen molar-refractivity contribution in [2.45, 2.75) is 25.8 Å². The number of thioether (sulfide) groups is 1. The number of rotatable bonds is 4. The number of anilines is 2. The van der Waals surface area contributed by atoms with Crippen LogP contribution in [0.4, 0.5) is 11.6 Å². The molecule has 0 saturated carbocycles. The maximum atomic E-state index is 5.43. The van der Waals surface area contributed by atoms with Crippen molar-refractivity contribution in [2.75, 3.05) is 28.9 Å². The quantitative estimate of drug-likeness (QED) is 0.622. The summed E-state index contributed by atoms with van der Waals surface area (Å²) in [6.07, 6.45) is 2.04. The highest BCUT2D eigenvalue weighted by Gasteiger charge is 2.21. The first-order valence-corrected chi connectivity index (χ1v) is 7.05. The lowest BCUT2D eigenvalue weighted by Crippen LogP contribution is -2.32. The van der Waals surface area contributed by atoms with Crippen molar-refractivity contribution in [1.29, 1.82) is 0 Å². The number of nitrogens with two attached hydrogens (primary N) is 1. The smallest absolute Gasteiger partial charge is 0.145 e. The van der Waals surface area contributed by atoms with Gasteiger partial charge in [-0.1, -0.05) is 6.92 Å². The predicted molar refractivity (Wildman–Crippen MR) is 73.4 cm³/mol. The van der Waals surface area contributed by atoms with E-state index in [1.54, 1.807) is 0 Å². The number of aromatic nitrogens is 2. The van der Waals surface area contributed by atoms with Crippen LogP contribution in [0.25, 0.3) is 0 Å². The lowest BCUT2D eigenvalue weighted by atomic mass is 10.2. The summed E-state index contributed by atoms with van der Waals surface area (Å²) < 4.78 is 0. The van der Waals surface area contributed by atoms with Gasteiger partial charge in [-0.25, -0.2) is 15.8 Å². The van der Waals surface area contributed by atoms with Crippen LogP contribution in [-0.4, -0.2) is 34.6 Å². The van der Waals surface area contributed by atoms with Crippen LogP contribution in [0, 0.1) is 0 Å². The molecule has 17 heavy (non-hydrogen) atoms. The fourth-order valence-corrected chi connectivity index (χ4v) is 3.18. The third-order valence-electron chi connectivity index (χ3n) is 3.04. The van der Waals surface area contributed by atoms with Crippen molar-refractivity contribution in [3.8, 4) is 0 Å². The van der Waals surface area contributed by atoms with Gasteiger partial charge in [-0.3, -0.25) is 0 Å². The predicted octanol–water partition coefficient (Wildman–Crippen LogP) is 1.27. The molecule has 94 valence electrons. The van der Waals surface area contributed by atoms with E-state index in [9.17, 15) is 0 Å². The molecule has 1 aromatic rings. The van der Waals surface area contributed by atoms with Crippen LogP contribution in [0.1, 0.15) is 19.2 Å². The highest BCUT2D eigenvalue weighted by Crippen LogP contribution is 2.25. The fraction of sp³-hybridized carbons (Fsp3) is 0.636. The SMILES string of the molecule is CCc1nc(NN)cc(N(C)C2CCSC2)n1. The van der Waals surface area contributed by atoms with Gasteiger partial charge >= 0.3 is 0 Å². The van der Waals surface area contributed by atoms with Crippen LogP contribution in [0.5, 0.6) is 0 Å². The Labute approximate surface area is 106 Å². The van der Waals surface area contributed by atoms with E-state index in [2.05, 4.69) is 27.3 Å². The summed E-state index contributed by atoms with van der Waals surface area (Å²) in [5, 5.41) is 0. The lowest BCUT2D eigenvalue weighted by molar-refractivity contribution is 0.687. The third-order valence-corrected chi connectivity index (χ3v) is 4.18. The Hall–Kier alpha value is -1.01. The molecular formula is C11H19N5S. The topological polar surface area (TPSA) is 67.1 Å². The first kappa shape index (κ1) is 12.4. The van der Waals surface area contributed by atoms with E-state index in [0.29, 0.717) is 11.9 Å². The molecule has 1 aliphatic rings. The van der Waals surface area contributed by atoms with Crippen LogP contribution >= 0.6 is 11.8 Å². The van der Waals surface area contributed by atoms with E-state index in [-0.39, 0.29) is 0 Å². The van der Waals surface area contributed by atoms with Crippen molar-refractivity contribution in [3.05, 3.63) is 11.9 Å². The summed E-state index contributed by atoms with van der Waals surface area (Å²) in [5.74, 6) is 10.3. The molecule has 0 aliphatic carbocycles. The first-order valence-electron chi connectivity index (χ1n) is 5.89. The summed E-state index contributed by atoms with van der Waals surface area (Å²) >= 11 is 2.00. The summed E-state index contributed by atoms with van der Waals surface area (Å²) in [7, 11) is 2.10. The molecule has 1 atom stereocenters. The summed E-state index contributed by atoms with van der Waals surface area (Å²) in [6.45, 7) is 2.05. The molecule has 0 amide bonds. The zero-order valence-corrected chi connectivity index (χ0v) is 11.1. The minimum absolute atomic E-state index is 0.574. The number of nitrogen functional groups attached to an aromatic ring is 1. The molecule has 6 heteroatoms. The Morgan fingerprint density at radius 1 is 1.59 bits per heavy atom. The van der Waals surface area contributed by atoms with Gasteiger partial charge in [0, 0.05) is 31.3 Å². The second kappa shape index (κ2) is 5.55. The molecule has 2 rings (SSSR count). The molecule has 0 bridgehead atoms. The van der Waals surface area contributed by atoms with E-state index in [1.807, 2.05) is 24.8 Å². The monoisotopic (exact) mass is 253 g/mol. The van der Waals surface area contributed by atoms with Crippen molar-refractivity contribution in [1.82, 2.24) is 9.97 Å². The van der Waals surface area contributed by atoms with E-state index < -0.39 is 0 Å². The molecule has 1 aromatic heterocycles. The highest BCUT2D eigenvalue weighted by atomic mass is 32.2. The standard InChI is InChI=1S/C11H19N5S/c1-3-9-13-10(15-12)6-11(14-9)16(2)8-4-5-17-7-8/h6,8H,3-5,7,12H2,1-2H3,(H,13,14,15). The van der Waals surface area contributed by atoms with Gasteiger partial charge in [0.25, 0.3) is 0 Å². The van der Waals surface area contributed by atoms with Gasteiger partial charge in [0.1, 0.15) is 17.5 Å². The van der Waals surface area contributed by atoms with Gasteiger partial charge in [-0.15, -0.1) is 0 Å². The van der Waals surface area contributed by atoms with Crippen LogP contribution in [0.3, 0.4) is 0 Å². The van der Waals surface area contributed by atoms with Crippen molar-refractivity contribution in [3.63, 3.8) is 0 Å². The maximum absolute atomic E-state index is 5.43. The zero-order chi connectivity index (χ0) is 12.3. The molecule has 1 unspecified atom stereocenters. The van der Waals surface area contributed by atoms with Gasteiger partial charge in [0.05, 0.1) is 0 Å². The average molecular weight is 253 g/mol. The Bertz CT molecular complexity index is 356. The van der Waals surface area contributed by atoms with E-state index in [4.69, 9.17) is 5.84 Å². The van der Waals surface area contributed by atoms with E-state index in [0.717, 1.165) is 18.1 Å². The molecule has 2 heterocycles.